The Bertz CT molecular complexity index is 289. The zero-order chi connectivity index (χ0) is 9.26. The topological polar surface area (TPSA) is 53.1 Å². The lowest BCUT2D eigenvalue weighted by Gasteiger charge is -2.21. The summed E-state index contributed by atoms with van der Waals surface area (Å²) < 4.78 is 7.19. The maximum Gasteiger partial charge on any atom is 0.145 e. The molecule has 1 fully saturated rings. The van der Waals surface area contributed by atoms with Crippen LogP contribution in [0.2, 0.25) is 0 Å². The lowest BCUT2D eigenvalue weighted by Crippen LogP contribution is -2.16. The molecule has 1 aromatic rings. The fraction of sp³-hybridized carbons (Fsp3) is 0.667. The van der Waals surface area contributed by atoms with Crippen molar-refractivity contribution in [3.63, 3.8) is 0 Å². The van der Waals surface area contributed by atoms with Crippen LogP contribution >= 0.6 is 0 Å². The third kappa shape index (κ3) is 1.67. The van der Waals surface area contributed by atoms with E-state index in [1.54, 1.807) is 0 Å². The molecule has 72 valence electrons. The van der Waals surface area contributed by atoms with Crippen molar-refractivity contribution in [2.24, 2.45) is 7.05 Å². The maximum absolute atomic E-state index is 5.62. The van der Waals surface area contributed by atoms with Crippen LogP contribution in [0, 0.1) is 0 Å². The number of nitrogens with two attached hydrogens (primary N) is 1. The van der Waals surface area contributed by atoms with Gasteiger partial charge in [0.05, 0.1) is 0 Å². The normalized spacial score (nSPS) is 19.2. The van der Waals surface area contributed by atoms with Gasteiger partial charge < -0.3 is 10.5 Å². The molecule has 2 N–H and O–H groups in total. The second kappa shape index (κ2) is 3.38. The van der Waals surface area contributed by atoms with E-state index >= 15 is 0 Å². The van der Waals surface area contributed by atoms with E-state index < -0.39 is 0 Å². The number of nitrogen functional groups attached to an aromatic ring is 1. The van der Waals surface area contributed by atoms with Crippen molar-refractivity contribution in [3.8, 4) is 0 Å². The third-order valence-corrected chi connectivity index (χ3v) is 2.57. The molecule has 1 aliphatic rings. The van der Waals surface area contributed by atoms with E-state index in [0.717, 1.165) is 26.1 Å². The Labute approximate surface area is 77.7 Å². The van der Waals surface area contributed by atoms with Gasteiger partial charge >= 0.3 is 0 Å². The molecule has 13 heavy (non-hydrogen) atoms. The number of aryl methyl sites for hydroxylation is 1. The first-order valence-electron chi connectivity index (χ1n) is 4.64. The number of ether oxygens (including phenoxy) is 1. The minimum absolute atomic E-state index is 0.573. The molecule has 0 radical (unpaired) electrons. The lowest BCUT2D eigenvalue weighted by molar-refractivity contribution is 0.0837. The van der Waals surface area contributed by atoms with E-state index in [1.807, 2.05) is 17.8 Å². The van der Waals surface area contributed by atoms with Gasteiger partial charge in [-0.25, -0.2) is 0 Å². The molecule has 0 amide bonds. The van der Waals surface area contributed by atoms with Crippen LogP contribution < -0.4 is 5.73 Å². The monoisotopic (exact) mass is 181 g/mol. The van der Waals surface area contributed by atoms with Gasteiger partial charge in [0.2, 0.25) is 0 Å². The highest BCUT2D eigenvalue weighted by atomic mass is 16.5. The molecule has 0 spiro atoms. The summed E-state index contributed by atoms with van der Waals surface area (Å²) in [5.41, 5.74) is 6.86. The average Bonchev–Trinajstić information content (AvgIpc) is 2.47. The van der Waals surface area contributed by atoms with Crippen molar-refractivity contribution >= 4 is 5.82 Å². The van der Waals surface area contributed by atoms with Crippen LogP contribution in [0.4, 0.5) is 5.82 Å². The van der Waals surface area contributed by atoms with Crippen molar-refractivity contribution in [1.82, 2.24) is 9.78 Å². The summed E-state index contributed by atoms with van der Waals surface area (Å²) in [5.74, 6) is 1.19. The number of anilines is 1. The van der Waals surface area contributed by atoms with Gasteiger partial charge in [-0.2, -0.15) is 5.10 Å². The van der Waals surface area contributed by atoms with Crippen LogP contribution in [0.1, 0.15) is 24.5 Å². The second-order valence-corrected chi connectivity index (χ2v) is 3.50. The molecule has 0 aromatic carbocycles. The molecule has 2 heterocycles. The van der Waals surface area contributed by atoms with Crippen LogP contribution in [-0.2, 0) is 11.8 Å². The Morgan fingerprint density at radius 2 is 2.23 bits per heavy atom. The molecule has 0 bridgehead atoms. The predicted octanol–water partition coefficient (Wildman–Crippen LogP) is 0.896. The van der Waals surface area contributed by atoms with Gasteiger partial charge in [-0.1, -0.05) is 0 Å². The first-order chi connectivity index (χ1) is 6.27. The molecule has 4 nitrogen and oxygen atoms in total. The Morgan fingerprint density at radius 1 is 1.54 bits per heavy atom. The number of aromatic nitrogens is 2. The molecular weight excluding hydrogens is 166 g/mol. The number of rotatable bonds is 1. The molecule has 0 aliphatic carbocycles. The first-order valence-corrected chi connectivity index (χ1v) is 4.64. The number of hydrogen-bond donors (Lipinski definition) is 1. The van der Waals surface area contributed by atoms with Crippen molar-refractivity contribution in [2.45, 2.75) is 18.8 Å². The van der Waals surface area contributed by atoms with Crippen LogP contribution in [0.15, 0.2) is 6.07 Å². The third-order valence-electron chi connectivity index (χ3n) is 2.57. The van der Waals surface area contributed by atoms with Gasteiger partial charge in [-0.15, -0.1) is 0 Å². The van der Waals surface area contributed by atoms with Crippen molar-refractivity contribution in [1.29, 1.82) is 0 Å². The summed E-state index contributed by atoms with van der Waals surface area (Å²) in [4.78, 5) is 0. The molecule has 2 rings (SSSR count). The predicted molar refractivity (Wildman–Crippen MR) is 50.4 cm³/mol. The van der Waals surface area contributed by atoms with E-state index in [0.29, 0.717) is 11.7 Å². The molecule has 0 saturated carbocycles. The second-order valence-electron chi connectivity index (χ2n) is 3.50. The van der Waals surface area contributed by atoms with E-state index in [9.17, 15) is 0 Å². The lowest BCUT2D eigenvalue weighted by atomic mass is 9.96. The summed E-state index contributed by atoms with van der Waals surface area (Å²) in [6.07, 6.45) is 2.16. The fourth-order valence-electron chi connectivity index (χ4n) is 1.88. The number of nitrogens with zero attached hydrogens (tertiary/aromatic N) is 2. The van der Waals surface area contributed by atoms with Crippen LogP contribution in [0.25, 0.3) is 0 Å². The highest BCUT2D eigenvalue weighted by Crippen LogP contribution is 2.27. The van der Waals surface area contributed by atoms with Gasteiger partial charge in [-0.05, 0) is 12.8 Å². The largest absolute Gasteiger partial charge is 0.382 e. The van der Waals surface area contributed by atoms with E-state index in [-0.39, 0.29) is 0 Å². The average molecular weight is 181 g/mol. The molecule has 0 atom stereocenters. The zero-order valence-electron chi connectivity index (χ0n) is 7.86. The van der Waals surface area contributed by atoms with Gasteiger partial charge in [0.15, 0.2) is 0 Å². The van der Waals surface area contributed by atoms with Crippen molar-refractivity contribution in [2.75, 3.05) is 18.9 Å². The first kappa shape index (κ1) is 8.56. The van der Waals surface area contributed by atoms with Crippen LogP contribution in [0.5, 0.6) is 0 Å². The highest BCUT2D eigenvalue weighted by molar-refractivity contribution is 5.31. The zero-order valence-corrected chi connectivity index (χ0v) is 7.86. The smallest absolute Gasteiger partial charge is 0.145 e. The van der Waals surface area contributed by atoms with Gasteiger partial charge in [-0.3, -0.25) is 4.68 Å². The summed E-state index contributed by atoms with van der Waals surface area (Å²) in [7, 11) is 1.95. The van der Waals surface area contributed by atoms with Gasteiger partial charge in [0.25, 0.3) is 0 Å². The van der Waals surface area contributed by atoms with Crippen LogP contribution in [-0.4, -0.2) is 23.0 Å². The van der Waals surface area contributed by atoms with E-state index in [4.69, 9.17) is 10.5 Å². The Hall–Kier alpha value is -1.03. The summed E-state index contributed by atoms with van der Waals surface area (Å²) in [6, 6.07) is 1.97. The van der Waals surface area contributed by atoms with E-state index in [2.05, 4.69) is 5.10 Å². The summed E-state index contributed by atoms with van der Waals surface area (Å²) in [5, 5.41) is 4.14. The SMILES string of the molecule is Cn1nc(N)cc1C1CCOCC1. The molecule has 4 heteroatoms. The minimum Gasteiger partial charge on any atom is -0.382 e. The van der Waals surface area contributed by atoms with Crippen LogP contribution in [0.3, 0.4) is 0 Å². The Kier molecular flexibility index (Phi) is 2.22. The minimum atomic E-state index is 0.573. The number of hydrogen-bond acceptors (Lipinski definition) is 3. The maximum atomic E-state index is 5.62. The van der Waals surface area contributed by atoms with Gasteiger partial charge in [0, 0.05) is 37.9 Å². The molecule has 1 aliphatic heterocycles. The molecule has 0 unspecified atom stereocenters. The molecule has 1 aromatic heterocycles. The standard InChI is InChI=1S/C9H15N3O/c1-12-8(6-9(10)11-12)7-2-4-13-5-3-7/h6-7H,2-5H2,1H3,(H2,10,11). The van der Waals surface area contributed by atoms with E-state index in [1.165, 1.54) is 5.69 Å². The van der Waals surface area contributed by atoms with Gasteiger partial charge in [0.1, 0.15) is 5.82 Å². The Morgan fingerprint density at radius 3 is 2.77 bits per heavy atom. The summed E-state index contributed by atoms with van der Waals surface area (Å²) >= 11 is 0. The molecular formula is C9H15N3O. The fourth-order valence-corrected chi connectivity index (χ4v) is 1.88. The summed E-state index contributed by atoms with van der Waals surface area (Å²) in [6.45, 7) is 1.71. The highest BCUT2D eigenvalue weighted by Gasteiger charge is 2.19. The molecule has 1 saturated heterocycles. The van der Waals surface area contributed by atoms with Crippen molar-refractivity contribution in [3.05, 3.63) is 11.8 Å². The quantitative estimate of drug-likeness (QED) is 0.700. The Balaban J connectivity index is 2.18. The van der Waals surface area contributed by atoms with Crippen molar-refractivity contribution < 1.29 is 4.74 Å².